The van der Waals surface area contributed by atoms with E-state index in [-0.39, 0.29) is 24.4 Å². The largest absolute Gasteiger partial charge is 0.459 e. The SMILES string of the molecule is C[C@H](NC(=O)CN1C(=O)N[C@@]2(CCCC[C@@H]2C)C1=O)c1cc2ccccc2o1. The number of nitrogens with zero attached hydrogens (tertiary/aromatic N) is 1. The van der Waals surface area contributed by atoms with E-state index in [0.29, 0.717) is 12.2 Å². The molecule has 0 bridgehead atoms. The standard InChI is InChI=1S/C21H25N3O4/c1-13-7-5-6-10-21(13)19(26)24(20(27)23-21)12-18(25)22-14(2)17-11-15-8-3-4-9-16(15)28-17/h3-4,8-9,11,13-14H,5-7,10,12H2,1-2H3,(H,22,25)(H,23,27)/t13-,14-,21+/m0/s1. The average Bonchev–Trinajstić information content (AvgIpc) is 3.20. The molecule has 1 saturated heterocycles. The second kappa shape index (κ2) is 6.96. The number of carbonyl (C=O) groups is 3. The molecule has 1 aromatic heterocycles. The van der Waals surface area contributed by atoms with Crippen LogP contribution in [0.3, 0.4) is 0 Å². The zero-order chi connectivity index (χ0) is 19.9. The Hall–Kier alpha value is -2.83. The molecule has 7 nitrogen and oxygen atoms in total. The van der Waals surface area contributed by atoms with Crippen molar-refractivity contribution in [2.75, 3.05) is 6.54 Å². The van der Waals surface area contributed by atoms with Crippen LogP contribution in [0.1, 0.15) is 51.3 Å². The van der Waals surface area contributed by atoms with Crippen molar-refractivity contribution in [2.45, 2.75) is 51.1 Å². The Labute approximate surface area is 163 Å². The molecule has 2 aliphatic rings. The second-order valence-corrected chi connectivity index (χ2v) is 7.92. The number of para-hydroxylation sites is 1. The van der Waals surface area contributed by atoms with Gasteiger partial charge in [0, 0.05) is 5.39 Å². The van der Waals surface area contributed by atoms with E-state index in [0.717, 1.165) is 35.1 Å². The number of urea groups is 1. The summed E-state index contributed by atoms with van der Waals surface area (Å²) in [5, 5.41) is 6.65. The highest BCUT2D eigenvalue weighted by atomic mass is 16.3. The zero-order valence-corrected chi connectivity index (χ0v) is 16.2. The van der Waals surface area contributed by atoms with Gasteiger partial charge in [0.2, 0.25) is 5.91 Å². The maximum absolute atomic E-state index is 13.0. The first-order valence-corrected chi connectivity index (χ1v) is 9.82. The minimum atomic E-state index is -0.847. The lowest BCUT2D eigenvalue weighted by atomic mass is 9.73. The number of benzene rings is 1. The van der Waals surface area contributed by atoms with E-state index in [2.05, 4.69) is 10.6 Å². The van der Waals surface area contributed by atoms with Crippen molar-refractivity contribution in [1.29, 1.82) is 0 Å². The Kier molecular flexibility index (Phi) is 4.61. The lowest BCUT2D eigenvalue weighted by molar-refractivity contribution is -0.137. The highest BCUT2D eigenvalue weighted by molar-refractivity contribution is 6.09. The van der Waals surface area contributed by atoms with Crippen LogP contribution >= 0.6 is 0 Å². The summed E-state index contributed by atoms with van der Waals surface area (Å²) < 4.78 is 5.77. The van der Waals surface area contributed by atoms with Gasteiger partial charge in [0.05, 0.1) is 6.04 Å². The molecule has 1 aliphatic carbocycles. The minimum absolute atomic E-state index is 0.0697. The Morgan fingerprint density at radius 3 is 2.89 bits per heavy atom. The molecule has 0 unspecified atom stereocenters. The van der Waals surface area contributed by atoms with Crippen molar-refractivity contribution in [3.05, 3.63) is 36.1 Å². The summed E-state index contributed by atoms with van der Waals surface area (Å²) in [7, 11) is 0. The number of rotatable bonds is 4. The third-order valence-corrected chi connectivity index (χ3v) is 6.05. The third kappa shape index (κ3) is 3.04. The summed E-state index contributed by atoms with van der Waals surface area (Å²) in [6, 6.07) is 8.64. The quantitative estimate of drug-likeness (QED) is 0.794. The summed E-state index contributed by atoms with van der Waals surface area (Å²) in [6.07, 6.45) is 3.49. The number of carbonyl (C=O) groups excluding carboxylic acids is 3. The third-order valence-electron chi connectivity index (χ3n) is 6.05. The molecule has 1 aliphatic heterocycles. The summed E-state index contributed by atoms with van der Waals surface area (Å²) in [5.74, 6) is 0.0255. The van der Waals surface area contributed by atoms with Crippen LogP contribution in [-0.4, -0.2) is 34.8 Å². The predicted octanol–water partition coefficient (Wildman–Crippen LogP) is 3.11. The van der Waals surface area contributed by atoms with Crippen LogP contribution in [0.15, 0.2) is 34.7 Å². The first-order valence-electron chi connectivity index (χ1n) is 9.82. The highest BCUT2D eigenvalue weighted by Gasteiger charge is 2.55. The van der Waals surface area contributed by atoms with Crippen LogP contribution in [0, 0.1) is 5.92 Å². The maximum atomic E-state index is 13.0. The number of amides is 4. The van der Waals surface area contributed by atoms with Gasteiger partial charge in [-0.3, -0.25) is 14.5 Å². The van der Waals surface area contributed by atoms with E-state index in [1.54, 1.807) is 0 Å². The van der Waals surface area contributed by atoms with Crippen LogP contribution in [0.5, 0.6) is 0 Å². The fourth-order valence-corrected chi connectivity index (χ4v) is 4.36. The van der Waals surface area contributed by atoms with Gasteiger partial charge in [-0.15, -0.1) is 0 Å². The highest BCUT2D eigenvalue weighted by Crippen LogP contribution is 2.38. The van der Waals surface area contributed by atoms with Gasteiger partial charge in [-0.2, -0.15) is 0 Å². The van der Waals surface area contributed by atoms with Gasteiger partial charge >= 0.3 is 6.03 Å². The van der Waals surface area contributed by atoms with Crippen molar-refractivity contribution >= 4 is 28.8 Å². The van der Waals surface area contributed by atoms with E-state index in [9.17, 15) is 14.4 Å². The summed E-state index contributed by atoms with van der Waals surface area (Å²) in [5.41, 5.74) is -0.0964. The predicted molar refractivity (Wildman–Crippen MR) is 103 cm³/mol. The molecule has 1 spiro atoms. The summed E-state index contributed by atoms with van der Waals surface area (Å²) in [4.78, 5) is 38.9. The first kappa shape index (κ1) is 18.5. The molecule has 4 amide bonds. The van der Waals surface area contributed by atoms with Crippen molar-refractivity contribution in [3.63, 3.8) is 0 Å². The molecule has 2 aromatic rings. The van der Waals surface area contributed by atoms with Crippen molar-refractivity contribution in [3.8, 4) is 0 Å². The molecule has 28 heavy (non-hydrogen) atoms. The molecule has 148 valence electrons. The van der Waals surface area contributed by atoms with Crippen LogP contribution in [0.25, 0.3) is 11.0 Å². The maximum Gasteiger partial charge on any atom is 0.325 e. The molecule has 2 N–H and O–H groups in total. The summed E-state index contributed by atoms with van der Waals surface area (Å²) in [6.45, 7) is 3.51. The molecular weight excluding hydrogens is 358 g/mol. The van der Waals surface area contributed by atoms with Gasteiger partial charge in [0.25, 0.3) is 5.91 Å². The number of imide groups is 1. The minimum Gasteiger partial charge on any atom is -0.459 e. The van der Waals surface area contributed by atoms with Gasteiger partial charge in [-0.05, 0) is 37.8 Å². The summed E-state index contributed by atoms with van der Waals surface area (Å²) >= 11 is 0. The Morgan fingerprint density at radius 1 is 1.36 bits per heavy atom. The van der Waals surface area contributed by atoms with Crippen LogP contribution in [-0.2, 0) is 9.59 Å². The molecule has 3 atom stereocenters. The Balaban J connectivity index is 1.43. The number of furan rings is 1. The molecular formula is C21H25N3O4. The van der Waals surface area contributed by atoms with Crippen molar-refractivity contribution in [1.82, 2.24) is 15.5 Å². The van der Waals surface area contributed by atoms with E-state index in [1.165, 1.54) is 0 Å². The number of nitrogens with one attached hydrogen (secondary N) is 2. The van der Waals surface area contributed by atoms with Gasteiger partial charge in [0.15, 0.2) is 0 Å². The first-order chi connectivity index (χ1) is 13.4. The van der Waals surface area contributed by atoms with E-state index in [1.807, 2.05) is 44.2 Å². The van der Waals surface area contributed by atoms with Gasteiger partial charge < -0.3 is 15.1 Å². The normalized spacial score (nSPS) is 25.9. The lowest BCUT2D eigenvalue weighted by Crippen LogP contribution is -2.54. The number of fused-ring (bicyclic) bond motifs is 1. The monoisotopic (exact) mass is 383 g/mol. The topological polar surface area (TPSA) is 91.7 Å². The van der Waals surface area contributed by atoms with Gasteiger partial charge in [0.1, 0.15) is 23.4 Å². The van der Waals surface area contributed by atoms with E-state index >= 15 is 0 Å². The van der Waals surface area contributed by atoms with Gasteiger partial charge in [-0.1, -0.05) is 38.0 Å². The smallest absolute Gasteiger partial charge is 0.325 e. The van der Waals surface area contributed by atoms with Crippen molar-refractivity contribution in [2.24, 2.45) is 5.92 Å². The van der Waals surface area contributed by atoms with E-state index in [4.69, 9.17) is 4.42 Å². The Bertz CT molecular complexity index is 904. The molecule has 7 heteroatoms. The number of hydrogen-bond donors (Lipinski definition) is 2. The van der Waals surface area contributed by atoms with Crippen LogP contribution in [0.4, 0.5) is 4.79 Å². The molecule has 2 fully saturated rings. The fraction of sp³-hybridized carbons (Fsp3) is 0.476. The van der Waals surface area contributed by atoms with Crippen molar-refractivity contribution < 1.29 is 18.8 Å². The fourth-order valence-electron chi connectivity index (χ4n) is 4.36. The number of hydrogen-bond acceptors (Lipinski definition) is 4. The van der Waals surface area contributed by atoms with E-state index < -0.39 is 17.5 Å². The van der Waals surface area contributed by atoms with Gasteiger partial charge in [-0.25, -0.2) is 4.79 Å². The molecule has 1 saturated carbocycles. The Morgan fingerprint density at radius 2 is 2.14 bits per heavy atom. The molecule has 0 radical (unpaired) electrons. The molecule has 1 aromatic carbocycles. The van der Waals surface area contributed by atoms with Crippen LogP contribution in [0.2, 0.25) is 0 Å². The zero-order valence-electron chi connectivity index (χ0n) is 16.2. The average molecular weight is 383 g/mol. The molecule has 4 rings (SSSR count). The molecule has 2 heterocycles. The second-order valence-electron chi connectivity index (χ2n) is 7.92. The van der Waals surface area contributed by atoms with Crippen LogP contribution < -0.4 is 10.6 Å². The lowest BCUT2D eigenvalue weighted by Gasteiger charge is -2.36.